The van der Waals surface area contributed by atoms with E-state index >= 15 is 0 Å². The molecule has 0 bridgehead atoms. The molecule has 0 aliphatic rings. The van der Waals surface area contributed by atoms with Gasteiger partial charge in [0.05, 0.1) is 18.4 Å². The molecule has 96 valence electrons. The fourth-order valence-corrected chi connectivity index (χ4v) is 1.47. The molecule has 0 aromatic carbocycles. The maximum atomic E-state index is 13.0. The van der Waals surface area contributed by atoms with Gasteiger partial charge in [-0.15, -0.1) is 0 Å². The van der Waals surface area contributed by atoms with Crippen LogP contribution in [-0.2, 0) is 10.3 Å². The molecule has 0 saturated carbocycles. The Balaban J connectivity index is 2.31. The molecule has 6 nitrogen and oxygen atoms in total. The minimum atomic E-state index is -0.864. The number of hydrogen-bond donors (Lipinski definition) is 1. The van der Waals surface area contributed by atoms with Crippen LogP contribution in [0.3, 0.4) is 0 Å². The monoisotopic (exact) mass is 252 g/mol. The zero-order valence-corrected chi connectivity index (χ0v) is 10.1. The molecule has 2 aromatic heterocycles. The standard InChI is InChI=1S/C11H13FN4O2/c1-11(13,6-17-2)10-15-9(18-16-10)7-3-8(12)5-14-4-7/h3-5H,6,13H2,1-2H3. The van der Waals surface area contributed by atoms with E-state index < -0.39 is 11.4 Å². The van der Waals surface area contributed by atoms with Crippen LogP contribution in [0.25, 0.3) is 11.5 Å². The van der Waals surface area contributed by atoms with Gasteiger partial charge in [0.25, 0.3) is 5.89 Å². The van der Waals surface area contributed by atoms with Crippen LogP contribution in [0.15, 0.2) is 23.0 Å². The predicted octanol–water partition coefficient (Wildman–Crippen LogP) is 1.09. The third-order valence-electron chi connectivity index (χ3n) is 2.33. The molecule has 0 amide bonds. The van der Waals surface area contributed by atoms with Gasteiger partial charge in [-0.3, -0.25) is 4.98 Å². The van der Waals surface area contributed by atoms with Crippen LogP contribution in [-0.4, -0.2) is 28.8 Å². The Morgan fingerprint density at radius 3 is 2.94 bits per heavy atom. The number of nitrogens with two attached hydrogens (primary N) is 1. The summed E-state index contributed by atoms with van der Waals surface area (Å²) >= 11 is 0. The van der Waals surface area contributed by atoms with Crippen molar-refractivity contribution in [2.45, 2.75) is 12.5 Å². The molecule has 2 rings (SSSR count). The van der Waals surface area contributed by atoms with E-state index in [4.69, 9.17) is 15.0 Å². The molecular formula is C11H13FN4O2. The smallest absolute Gasteiger partial charge is 0.259 e. The molecule has 18 heavy (non-hydrogen) atoms. The summed E-state index contributed by atoms with van der Waals surface area (Å²) in [5.74, 6) is -0.00644. The van der Waals surface area contributed by atoms with E-state index in [-0.39, 0.29) is 12.5 Å². The van der Waals surface area contributed by atoms with E-state index in [1.165, 1.54) is 19.4 Å². The van der Waals surface area contributed by atoms with Gasteiger partial charge < -0.3 is 15.0 Å². The second kappa shape index (κ2) is 4.79. The molecule has 0 spiro atoms. The van der Waals surface area contributed by atoms with Gasteiger partial charge in [0, 0.05) is 13.3 Å². The Morgan fingerprint density at radius 2 is 2.28 bits per heavy atom. The number of halogens is 1. The van der Waals surface area contributed by atoms with Crippen molar-refractivity contribution < 1.29 is 13.7 Å². The summed E-state index contributed by atoms with van der Waals surface area (Å²) in [4.78, 5) is 7.83. The van der Waals surface area contributed by atoms with E-state index in [0.29, 0.717) is 11.4 Å². The Hall–Kier alpha value is -1.86. The topological polar surface area (TPSA) is 87.1 Å². The molecule has 0 aliphatic carbocycles. The van der Waals surface area contributed by atoms with Crippen LogP contribution < -0.4 is 5.73 Å². The lowest BCUT2D eigenvalue weighted by atomic mass is 10.1. The van der Waals surface area contributed by atoms with Crippen LogP contribution >= 0.6 is 0 Å². The second-order valence-electron chi connectivity index (χ2n) is 4.17. The highest BCUT2D eigenvalue weighted by Crippen LogP contribution is 2.21. The number of aromatic nitrogens is 3. The van der Waals surface area contributed by atoms with Crippen molar-refractivity contribution in [3.8, 4) is 11.5 Å². The second-order valence-corrected chi connectivity index (χ2v) is 4.17. The highest BCUT2D eigenvalue weighted by molar-refractivity contribution is 5.50. The van der Waals surface area contributed by atoms with Crippen LogP contribution in [0.1, 0.15) is 12.7 Å². The Labute approximate surface area is 103 Å². The van der Waals surface area contributed by atoms with Gasteiger partial charge in [-0.1, -0.05) is 5.16 Å². The van der Waals surface area contributed by atoms with E-state index in [1.54, 1.807) is 6.92 Å². The summed E-state index contributed by atoms with van der Waals surface area (Å²) < 4.78 is 23.0. The molecule has 7 heteroatoms. The lowest BCUT2D eigenvalue weighted by molar-refractivity contribution is 0.135. The zero-order chi connectivity index (χ0) is 13.2. The summed E-state index contributed by atoms with van der Waals surface area (Å²) in [7, 11) is 1.53. The number of rotatable bonds is 4. The van der Waals surface area contributed by atoms with E-state index in [9.17, 15) is 4.39 Å². The third kappa shape index (κ3) is 2.52. The molecule has 2 aromatic rings. The van der Waals surface area contributed by atoms with Gasteiger partial charge in [-0.05, 0) is 13.0 Å². The summed E-state index contributed by atoms with van der Waals surface area (Å²) in [6, 6.07) is 1.26. The van der Waals surface area contributed by atoms with Gasteiger partial charge in [-0.2, -0.15) is 4.98 Å². The summed E-state index contributed by atoms with van der Waals surface area (Å²) in [5.41, 5.74) is 5.51. The Morgan fingerprint density at radius 1 is 1.50 bits per heavy atom. The van der Waals surface area contributed by atoms with Crippen molar-refractivity contribution in [2.24, 2.45) is 5.73 Å². The van der Waals surface area contributed by atoms with Crippen LogP contribution in [0, 0.1) is 5.82 Å². The summed E-state index contributed by atoms with van der Waals surface area (Å²) in [6.45, 7) is 1.96. The van der Waals surface area contributed by atoms with Crippen molar-refractivity contribution in [3.05, 3.63) is 30.1 Å². The van der Waals surface area contributed by atoms with Crippen molar-refractivity contribution in [1.82, 2.24) is 15.1 Å². The molecule has 0 aliphatic heterocycles. The largest absolute Gasteiger partial charge is 0.382 e. The minimum absolute atomic E-state index is 0.171. The zero-order valence-electron chi connectivity index (χ0n) is 10.1. The first-order chi connectivity index (χ1) is 8.53. The van der Waals surface area contributed by atoms with Crippen LogP contribution in [0.4, 0.5) is 4.39 Å². The van der Waals surface area contributed by atoms with E-state index in [2.05, 4.69) is 15.1 Å². The third-order valence-corrected chi connectivity index (χ3v) is 2.33. The van der Waals surface area contributed by atoms with Gasteiger partial charge >= 0.3 is 0 Å². The van der Waals surface area contributed by atoms with E-state index in [0.717, 1.165) is 6.20 Å². The SMILES string of the molecule is COCC(C)(N)c1noc(-c2cncc(F)c2)n1. The quantitative estimate of drug-likeness (QED) is 0.876. The van der Waals surface area contributed by atoms with Crippen LogP contribution in [0.2, 0.25) is 0 Å². The summed E-state index contributed by atoms with van der Waals surface area (Å²) in [6.07, 6.45) is 2.53. The maximum Gasteiger partial charge on any atom is 0.259 e. The molecule has 0 radical (unpaired) electrons. The van der Waals surface area contributed by atoms with E-state index in [1.807, 2.05) is 0 Å². The number of hydrogen-bond acceptors (Lipinski definition) is 6. The van der Waals surface area contributed by atoms with Crippen molar-refractivity contribution in [2.75, 3.05) is 13.7 Å². The molecule has 0 saturated heterocycles. The lowest BCUT2D eigenvalue weighted by Gasteiger charge is -2.18. The lowest BCUT2D eigenvalue weighted by Crippen LogP contribution is -2.38. The number of ether oxygens (including phenoxy) is 1. The highest BCUT2D eigenvalue weighted by Gasteiger charge is 2.27. The normalized spacial score (nSPS) is 14.4. The molecule has 1 atom stereocenters. The molecule has 1 unspecified atom stereocenters. The highest BCUT2D eigenvalue weighted by atomic mass is 19.1. The van der Waals surface area contributed by atoms with Crippen molar-refractivity contribution in [3.63, 3.8) is 0 Å². The first-order valence-electron chi connectivity index (χ1n) is 5.26. The maximum absolute atomic E-state index is 13.0. The molecule has 2 N–H and O–H groups in total. The fraction of sp³-hybridized carbons (Fsp3) is 0.364. The number of methoxy groups -OCH3 is 1. The Bertz CT molecular complexity index is 541. The fourth-order valence-electron chi connectivity index (χ4n) is 1.47. The molecule has 2 heterocycles. The average molecular weight is 252 g/mol. The van der Waals surface area contributed by atoms with Crippen LogP contribution in [0.5, 0.6) is 0 Å². The van der Waals surface area contributed by atoms with Gasteiger partial charge in [0.1, 0.15) is 11.4 Å². The van der Waals surface area contributed by atoms with Gasteiger partial charge in [0.2, 0.25) is 0 Å². The molecular weight excluding hydrogens is 239 g/mol. The first kappa shape index (κ1) is 12.6. The van der Waals surface area contributed by atoms with Crippen molar-refractivity contribution >= 4 is 0 Å². The van der Waals surface area contributed by atoms with Gasteiger partial charge in [-0.25, -0.2) is 4.39 Å². The minimum Gasteiger partial charge on any atom is -0.382 e. The first-order valence-corrected chi connectivity index (χ1v) is 5.26. The average Bonchev–Trinajstić information content (AvgIpc) is 2.78. The number of nitrogens with zero attached hydrogens (tertiary/aromatic N) is 3. The predicted molar refractivity (Wildman–Crippen MR) is 60.9 cm³/mol. The summed E-state index contributed by atoms with van der Waals surface area (Å²) in [5, 5.41) is 3.77. The van der Waals surface area contributed by atoms with Gasteiger partial charge in [0.15, 0.2) is 5.82 Å². The molecule has 0 fully saturated rings. The number of pyridine rings is 1. The Kier molecular flexibility index (Phi) is 3.35. The van der Waals surface area contributed by atoms with Crippen molar-refractivity contribution in [1.29, 1.82) is 0 Å².